The first-order valence-electron chi connectivity index (χ1n) is 9.79. The van der Waals surface area contributed by atoms with E-state index in [2.05, 4.69) is 11.9 Å². The summed E-state index contributed by atoms with van der Waals surface area (Å²) in [5.41, 5.74) is 2.96. The first kappa shape index (κ1) is 18.6. The van der Waals surface area contributed by atoms with E-state index in [0.717, 1.165) is 49.3 Å². The molecular formula is C22H24FN3O2. The summed E-state index contributed by atoms with van der Waals surface area (Å²) in [4.78, 5) is 19.4. The van der Waals surface area contributed by atoms with E-state index in [-0.39, 0.29) is 17.8 Å². The van der Waals surface area contributed by atoms with Gasteiger partial charge >= 0.3 is 0 Å². The average molecular weight is 381 g/mol. The first-order valence-corrected chi connectivity index (χ1v) is 9.79. The minimum absolute atomic E-state index is 0.0173. The molecular weight excluding hydrogens is 357 g/mol. The van der Waals surface area contributed by atoms with Gasteiger partial charge in [0.2, 0.25) is 0 Å². The van der Waals surface area contributed by atoms with E-state index in [0.29, 0.717) is 12.1 Å². The van der Waals surface area contributed by atoms with Gasteiger partial charge in [-0.3, -0.25) is 4.79 Å². The Bertz CT molecular complexity index is 968. The molecule has 3 aromatic rings. The molecule has 28 heavy (non-hydrogen) atoms. The van der Waals surface area contributed by atoms with Crippen LogP contribution in [0.15, 0.2) is 48.8 Å². The molecule has 1 aliphatic rings. The van der Waals surface area contributed by atoms with Gasteiger partial charge in [0.1, 0.15) is 11.5 Å². The number of fused-ring (bicyclic) bond motifs is 1. The van der Waals surface area contributed by atoms with Gasteiger partial charge in [0.05, 0.1) is 17.4 Å². The molecule has 0 radical (unpaired) electrons. The Labute approximate surface area is 163 Å². The van der Waals surface area contributed by atoms with E-state index in [1.807, 2.05) is 33.8 Å². The van der Waals surface area contributed by atoms with Gasteiger partial charge in [-0.1, -0.05) is 6.92 Å². The predicted molar refractivity (Wildman–Crippen MR) is 106 cm³/mol. The smallest absolute Gasteiger partial charge is 0.255 e. The van der Waals surface area contributed by atoms with Crippen LogP contribution in [0.3, 0.4) is 0 Å². The number of ether oxygens (including phenoxy) is 1. The summed E-state index contributed by atoms with van der Waals surface area (Å²) in [5.74, 6) is -0.258. The van der Waals surface area contributed by atoms with Crippen LogP contribution in [-0.2, 0) is 4.74 Å². The van der Waals surface area contributed by atoms with Crippen LogP contribution in [-0.4, -0.2) is 46.0 Å². The van der Waals surface area contributed by atoms with Crippen molar-refractivity contribution < 1.29 is 13.9 Å². The SMILES string of the molecule is CCCOC1CCCN(C(=O)c2ccc3nc(-c4ccc(F)cc4)cn3c2)C1. The van der Waals surface area contributed by atoms with Gasteiger partial charge in [-0.2, -0.15) is 0 Å². The van der Waals surface area contributed by atoms with Crippen molar-refractivity contribution in [3.8, 4) is 11.3 Å². The van der Waals surface area contributed by atoms with Crippen LogP contribution < -0.4 is 0 Å². The Morgan fingerprint density at radius 3 is 2.82 bits per heavy atom. The number of nitrogens with zero attached hydrogens (tertiary/aromatic N) is 3. The molecule has 3 heterocycles. The number of hydrogen-bond acceptors (Lipinski definition) is 3. The molecule has 2 aromatic heterocycles. The molecule has 1 saturated heterocycles. The molecule has 4 rings (SSSR count). The lowest BCUT2D eigenvalue weighted by molar-refractivity contribution is 0.00209. The third-order valence-electron chi connectivity index (χ3n) is 5.06. The van der Waals surface area contributed by atoms with Crippen LogP contribution in [0.2, 0.25) is 0 Å². The molecule has 5 nitrogen and oxygen atoms in total. The highest BCUT2D eigenvalue weighted by Gasteiger charge is 2.25. The van der Waals surface area contributed by atoms with E-state index in [4.69, 9.17) is 4.74 Å². The number of amides is 1. The Kier molecular flexibility index (Phi) is 5.39. The molecule has 0 aliphatic carbocycles. The number of piperidine rings is 1. The number of hydrogen-bond donors (Lipinski definition) is 0. The number of pyridine rings is 1. The number of likely N-dealkylation sites (tertiary alicyclic amines) is 1. The summed E-state index contributed by atoms with van der Waals surface area (Å²) in [6, 6.07) is 9.90. The summed E-state index contributed by atoms with van der Waals surface area (Å²) >= 11 is 0. The molecule has 0 spiro atoms. The fourth-order valence-electron chi connectivity index (χ4n) is 3.60. The van der Waals surface area contributed by atoms with Gasteiger partial charge in [0.25, 0.3) is 5.91 Å². The normalized spacial score (nSPS) is 17.2. The monoisotopic (exact) mass is 381 g/mol. The molecule has 0 saturated carbocycles. The molecule has 1 unspecified atom stereocenters. The second kappa shape index (κ2) is 8.10. The molecule has 0 bridgehead atoms. The van der Waals surface area contributed by atoms with Crippen molar-refractivity contribution in [2.24, 2.45) is 0 Å². The fraction of sp³-hybridized carbons (Fsp3) is 0.364. The number of halogens is 1. The summed E-state index contributed by atoms with van der Waals surface area (Å²) < 4.78 is 20.8. The second-order valence-corrected chi connectivity index (χ2v) is 7.20. The zero-order valence-electron chi connectivity index (χ0n) is 16.0. The second-order valence-electron chi connectivity index (χ2n) is 7.20. The lowest BCUT2D eigenvalue weighted by Crippen LogP contribution is -2.43. The van der Waals surface area contributed by atoms with Crippen LogP contribution in [0.1, 0.15) is 36.5 Å². The van der Waals surface area contributed by atoms with Crippen molar-refractivity contribution in [3.63, 3.8) is 0 Å². The van der Waals surface area contributed by atoms with Crippen LogP contribution in [0.5, 0.6) is 0 Å². The Morgan fingerprint density at radius 2 is 2.04 bits per heavy atom. The predicted octanol–water partition coefficient (Wildman–Crippen LogP) is 4.17. The molecule has 1 amide bonds. The van der Waals surface area contributed by atoms with E-state index >= 15 is 0 Å². The van der Waals surface area contributed by atoms with E-state index in [1.54, 1.807) is 12.1 Å². The van der Waals surface area contributed by atoms with Crippen LogP contribution in [0.4, 0.5) is 4.39 Å². The number of carbonyl (C=O) groups is 1. The average Bonchev–Trinajstić information content (AvgIpc) is 3.15. The number of rotatable bonds is 5. The van der Waals surface area contributed by atoms with Crippen molar-refractivity contribution in [3.05, 3.63) is 60.2 Å². The summed E-state index contributed by atoms with van der Waals surface area (Å²) in [5, 5.41) is 0. The quantitative estimate of drug-likeness (QED) is 0.666. The first-order chi connectivity index (χ1) is 13.6. The lowest BCUT2D eigenvalue weighted by Gasteiger charge is -2.32. The van der Waals surface area contributed by atoms with Crippen molar-refractivity contribution in [2.45, 2.75) is 32.3 Å². The number of aromatic nitrogens is 2. The molecule has 1 fully saturated rings. The Balaban J connectivity index is 1.54. The maximum Gasteiger partial charge on any atom is 0.255 e. The van der Waals surface area contributed by atoms with Gasteiger partial charge < -0.3 is 14.0 Å². The maximum atomic E-state index is 13.1. The van der Waals surface area contributed by atoms with Crippen molar-refractivity contribution in [1.29, 1.82) is 0 Å². The Morgan fingerprint density at radius 1 is 1.21 bits per heavy atom. The zero-order chi connectivity index (χ0) is 19.5. The maximum absolute atomic E-state index is 13.1. The molecule has 1 atom stereocenters. The van der Waals surface area contributed by atoms with Crippen LogP contribution in [0.25, 0.3) is 16.9 Å². The van der Waals surface area contributed by atoms with E-state index in [9.17, 15) is 9.18 Å². The van der Waals surface area contributed by atoms with E-state index < -0.39 is 0 Å². The number of benzene rings is 1. The van der Waals surface area contributed by atoms with Gasteiger partial charge in [0.15, 0.2) is 0 Å². The zero-order valence-corrected chi connectivity index (χ0v) is 16.0. The molecule has 1 aliphatic heterocycles. The van der Waals surface area contributed by atoms with Crippen molar-refractivity contribution >= 4 is 11.6 Å². The largest absolute Gasteiger partial charge is 0.376 e. The fourth-order valence-corrected chi connectivity index (χ4v) is 3.60. The van der Waals surface area contributed by atoms with Crippen molar-refractivity contribution in [1.82, 2.24) is 14.3 Å². The summed E-state index contributed by atoms with van der Waals surface area (Å²) in [6.45, 7) is 4.22. The number of carbonyl (C=O) groups excluding carboxylic acids is 1. The third-order valence-corrected chi connectivity index (χ3v) is 5.06. The molecule has 1 aromatic carbocycles. The van der Waals surface area contributed by atoms with E-state index in [1.165, 1.54) is 12.1 Å². The topological polar surface area (TPSA) is 46.8 Å². The van der Waals surface area contributed by atoms with Gasteiger partial charge in [-0.15, -0.1) is 0 Å². The van der Waals surface area contributed by atoms with Crippen LogP contribution >= 0.6 is 0 Å². The summed E-state index contributed by atoms with van der Waals surface area (Å²) in [6.07, 6.45) is 6.75. The molecule has 146 valence electrons. The minimum atomic E-state index is -0.275. The third kappa shape index (κ3) is 3.92. The van der Waals surface area contributed by atoms with Gasteiger partial charge in [-0.05, 0) is 55.7 Å². The standard InChI is InChI=1S/C22H24FN3O2/c1-2-12-28-19-4-3-11-25(14-19)22(27)17-7-10-21-24-20(15-26(21)13-17)16-5-8-18(23)9-6-16/h5-10,13,15,19H,2-4,11-12,14H2,1H3. The Hall–Kier alpha value is -2.73. The lowest BCUT2D eigenvalue weighted by atomic mass is 10.1. The highest BCUT2D eigenvalue weighted by atomic mass is 19.1. The molecule has 0 N–H and O–H groups in total. The van der Waals surface area contributed by atoms with Gasteiger partial charge in [0, 0.05) is 37.7 Å². The van der Waals surface area contributed by atoms with Crippen LogP contribution in [0, 0.1) is 5.82 Å². The highest BCUT2D eigenvalue weighted by molar-refractivity contribution is 5.94. The highest BCUT2D eigenvalue weighted by Crippen LogP contribution is 2.21. The number of imidazole rings is 1. The summed E-state index contributed by atoms with van der Waals surface area (Å²) in [7, 11) is 0. The molecule has 6 heteroatoms. The minimum Gasteiger partial charge on any atom is -0.376 e. The van der Waals surface area contributed by atoms with Crippen molar-refractivity contribution in [2.75, 3.05) is 19.7 Å². The van der Waals surface area contributed by atoms with Gasteiger partial charge in [-0.25, -0.2) is 9.37 Å².